The number of likely N-dealkylation sites (N-methyl/N-ethyl adjacent to an activating group) is 1. The lowest BCUT2D eigenvalue weighted by atomic mass is 9.99. The van der Waals surface area contributed by atoms with Gasteiger partial charge in [0.2, 0.25) is 5.91 Å². The lowest BCUT2D eigenvalue weighted by Gasteiger charge is -2.36. The summed E-state index contributed by atoms with van der Waals surface area (Å²) in [4.78, 5) is 28.0. The van der Waals surface area contributed by atoms with Crippen molar-refractivity contribution < 1.29 is 9.59 Å². The molecule has 0 saturated carbocycles. The number of likely N-dealkylation sites (tertiary alicyclic amines) is 1. The smallest absolute Gasteiger partial charge is 0.254 e. The second kappa shape index (κ2) is 5.87. The van der Waals surface area contributed by atoms with E-state index < -0.39 is 0 Å². The van der Waals surface area contributed by atoms with Crippen LogP contribution < -0.4 is 0 Å². The number of rotatable bonds is 2. The quantitative estimate of drug-likeness (QED) is 0.813. The van der Waals surface area contributed by atoms with Crippen molar-refractivity contribution in [1.82, 2.24) is 9.80 Å². The van der Waals surface area contributed by atoms with Crippen LogP contribution in [0.15, 0.2) is 30.3 Å². The number of benzene rings is 1. The molecule has 1 atom stereocenters. The maximum Gasteiger partial charge on any atom is 0.254 e. The van der Waals surface area contributed by atoms with Gasteiger partial charge < -0.3 is 9.80 Å². The predicted molar refractivity (Wildman–Crippen MR) is 73.8 cm³/mol. The summed E-state index contributed by atoms with van der Waals surface area (Å²) in [6, 6.07) is 8.87. The van der Waals surface area contributed by atoms with Crippen molar-refractivity contribution in [3.05, 3.63) is 35.9 Å². The predicted octanol–water partition coefficient (Wildman–Crippen LogP) is 1.77. The summed E-state index contributed by atoms with van der Waals surface area (Å²) in [6.07, 6.45) is 2.73. The van der Waals surface area contributed by atoms with Crippen molar-refractivity contribution in [2.75, 3.05) is 20.6 Å². The summed E-state index contributed by atoms with van der Waals surface area (Å²) in [5.41, 5.74) is 0.654. The average Bonchev–Trinajstić information content (AvgIpc) is 2.46. The molecular formula is C15H20N2O2. The molecule has 4 heteroatoms. The van der Waals surface area contributed by atoms with E-state index in [0.717, 1.165) is 19.3 Å². The molecule has 1 aromatic rings. The molecule has 1 heterocycles. The van der Waals surface area contributed by atoms with Gasteiger partial charge in [-0.05, 0) is 31.4 Å². The highest BCUT2D eigenvalue weighted by molar-refractivity contribution is 5.97. The standard InChI is InChI=1S/C15H20N2O2/c1-16(2)15(19)13-10-6-7-11-17(13)14(18)12-8-4-3-5-9-12/h3-5,8-9,13H,6-7,10-11H2,1-2H3/t13-/m0/s1. The zero-order chi connectivity index (χ0) is 13.8. The van der Waals surface area contributed by atoms with Crippen LogP contribution in [0, 0.1) is 0 Å². The number of hydrogen-bond donors (Lipinski definition) is 0. The molecule has 2 amide bonds. The number of nitrogens with zero attached hydrogens (tertiary/aromatic N) is 2. The van der Waals surface area contributed by atoms with E-state index in [1.165, 1.54) is 0 Å². The fourth-order valence-electron chi connectivity index (χ4n) is 2.48. The van der Waals surface area contributed by atoms with E-state index in [0.29, 0.717) is 12.1 Å². The minimum Gasteiger partial charge on any atom is -0.347 e. The van der Waals surface area contributed by atoms with Crippen molar-refractivity contribution in [2.45, 2.75) is 25.3 Å². The summed E-state index contributed by atoms with van der Waals surface area (Å²) >= 11 is 0. The van der Waals surface area contributed by atoms with Gasteiger partial charge in [0.25, 0.3) is 5.91 Å². The minimum absolute atomic E-state index is 0.0176. The molecule has 19 heavy (non-hydrogen) atoms. The third kappa shape index (κ3) is 2.95. The molecule has 1 aliphatic rings. The SMILES string of the molecule is CN(C)C(=O)[C@@H]1CCCCN1C(=O)c1ccccc1. The van der Waals surface area contributed by atoms with E-state index >= 15 is 0 Å². The maximum absolute atomic E-state index is 12.5. The van der Waals surface area contributed by atoms with Crippen molar-refractivity contribution in [2.24, 2.45) is 0 Å². The van der Waals surface area contributed by atoms with Crippen molar-refractivity contribution in [3.8, 4) is 0 Å². The van der Waals surface area contributed by atoms with Crippen LogP contribution in [0.1, 0.15) is 29.6 Å². The molecule has 4 nitrogen and oxygen atoms in total. The molecule has 0 unspecified atom stereocenters. The first-order valence-electron chi connectivity index (χ1n) is 6.68. The van der Waals surface area contributed by atoms with Gasteiger partial charge in [0.05, 0.1) is 0 Å². The molecule has 0 radical (unpaired) electrons. The second-order valence-electron chi connectivity index (χ2n) is 5.11. The summed E-state index contributed by atoms with van der Waals surface area (Å²) < 4.78 is 0. The Hall–Kier alpha value is -1.84. The van der Waals surface area contributed by atoms with E-state index in [9.17, 15) is 9.59 Å². The topological polar surface area (TPSA) is 40.6 Å². The highest BCUT2D eigenvalue weighted by Crippen LogP contribution is 2.20. The lowest BCUT2D eigenvalue weighted by molar-refractivity contribution is -0.134. The number of hydrogen-bond acceptors (Lipinski definition) is 2. The molecule has 0 aliphatic carbocycles. The van der Waals surface area contributed by atoms with E-state index in [2.05, 4.69) is 0 Å². The average molecular weight is 260 g/mol. The zero-order valence-corrected chi connectivity index (χ0v) is 11.5. The van der Waals surface area contributed by atoms with Crippen LogP contribution in [0.4, 0.5) is 0 Å². The Morgan fingerprint density at radius 3 is 2.47 bits per heavy atom. The van der Waals surface area contributed by atoms with Gasteiger partial charge in [-0.25, -0.2) is 0 Å². The highest BCUT2D eigenvalue weighted by atomic mass is 16.2. The molecular weight excluding hydrogens is 240 g/mol. The minimum atomic E-state index is -0.309. The first-order chi connectivity index (χ1) is 9.11. The Balaban J connectivity index is 2.20. The zero-order valence-electron chi connectivity index (χ0n) is 11.5. The fourth-order valence-corrected chi connectivity index (χ4v) is 2.48. The van der Waals surface area contributed by atoms with E-state index in [1.807, 2.05) is 18.2 Å². The van der Waals surface area contributed by atoms with Gasteiger partial charge in [-0.15, -0.1) is 0 Å². The highest BCUT2D eigenvalue weighted by Gasteiger charge is 2.33. The third-order valence-corrected chi connectivity index (χ3v) is 3.51. The molecule has 1 aromatic carbocycles. The van der Waals surface area contributed by atoms with Gasteiger partial charge in [-0.1, -0.05) is 18.2 Å². The van der Waals surface area contributed by atoms with Gasteiger partial charge >= 0.3 is 0 Å². The molecule has 1 aliphatic heterocycles. The number of amides is 2. The molecule has 0 aromatic heterocycles. The van der Waals surface area contributed by atoms with E-state index in [4.69, 9.17) is 0 Å². The number of piperidine rings is 1. The molecule has 102 valence electrons. The Kier molecular flexibility index (Phi) is 4.20. The van der Waals surface area contributed by atoms with Gasteiger partial charge in [0.15, 0.2) is 0 Å². The summed E-state index contributed by atoms with van der Waals surface area (Å²) in [5.74, 6) is -0.0236. The monoisotopic (exact) mass is 260 g/mol. The van der Waals surface area contributed by atoms with Gasteiger partial charge in [-0.2, -0.15) is 0 Å². The normalized spacial score (nSPS) is 19.1. The number of carbonyl (C=O) groups excluding carboxylic acids is 2. The fraction of sp³-hybridized carbons (Fsp3) is 0.467. The molecule has 0 N–H and O–H groups in total. The third-order valence-electron chi connectivity index (χ3n) is 3.51. The first kappa shape index (κ1) is 13.6. The van der Waals surface area contributed by atoms with Crippen LogP contribution >= 0.6 is 0 Å². The second-order valence-corrected chi connectivity index (χ2v) is 5.11. The van der Waals surface area contributed by atoms with Crippen LogP contribution in [0.2, 0.25) is 0 Å². The first-order valence-corrected chi connectivity index (χ1v) is 6.68. The van der Waals surface area contributed by atoms with Gasteiger partial charge in [-0.3, -0.25) is 9.59 Å². The molecule has 2 rings (SSSR count). The maximum atomic E-state index is 12.5. The van der Waals surface area contributed by atoms with E-state index in [1.54, 1.807) is 36.0 Å². The lowest BCUT2D eigenvalue weighted by Crippen LogP contribution is -2.51. The largest absolute Gasteiger partial charge is 0.347 e. The van der Waals surface area contributed by atoms with Crippen molar-refractivity contribution in [1.29, 1.82) is 0 Å². The Morgan fingerprint density at radius 2 is 1.84 bits per heavy atom. The van der Waals surface area contributed by atoms with Gasteiger partial charge in [0.1, 0.15) is 6.04 Å². The Labute approximate surface area is 114 Å². The van der Waals surface area contributed by atoms with Gasteiger partial charge in [0, 0.05) is 26.2 Å². The Bertz CT molecular complexity index is 456. The van der Waals surface area contributed by atoms with Crippen molar-refractivity contribution in [3.63, 3.8) is 0 Å². The van der Waals surface area contributed by atoms with E-state index in [-0.39, 0.29) is 17.9 Å². The van der Waals surface area contributed by atoms with Crippen molar-refractivity contribution >= 4 is 11.8 Å². The van der Waals surface area contributed by atoms with Crippen LogP contribution in [0.3, 0.4) is 0 Å². The van der Waals surface area contributed by atoms with Crippen LogP contribution in [-0.4, -0.2) is 48.3 Å². The van der Waals surface area contributed by atoms with Crippen LogP contribution in [0.5, 0.6) is 0 Å². The molecule has 0 spiro atoms. The van der Waals surface area contributed by atoms with Crippen LogP contribution in [-0.2, 0) is 4.79 Å². The molecule has 1 fully saturated rings. The molecule has 0 bridgehead atoms. The summed E-state index contributed by atoms with van der Waals surface area (Å²) in [6.45, 7) is 0.665. The summed E-state index contributed by atoms with van der Waals surface area (Å²) in [7, 11) is 3.48. The summed E-state index contributed by atoms with van der Waals surface area (Å²) in [5, 5.41) is 0. The van der Waals surface area contributed by atoms with Crippen LogP contribution in [0.25, 0.3) is 0 Å². The number of carbonyl (C=O) groups is 2. The Morgan fingerprint density at radius 1 is 1.16 bits per heavy atom. The molecule has 1 saturated heterocycles.